The van der Waals surface area contributed by atoms with Crippen molar-refractivity contribution in [2.75, 3.05) is 6.61 Å². The van der Waals surface area contributed by atoms with E-state index < -0.39 is 0 Å². The molecular weight excluding hydrogens is 192 g/mol. The first kappa shape index (κ1) is 11.2. The van der Waals surface area contributed by atoms with Crippen LogP contribution in [0.25, 0.3) is 10.9 Å². The molecular formula is C11H14N2O2. The first-order valence-electron chi connectivity index (χ1n) is 4.80. The van der Waals surface area contributed by atoms with Gasteiger partial charge in [0.25, 0.3) is 6.47 Å². The molecule has 0 aliphatic carbocycles. The highest BCUT2D eigenvalue weighted by molar-refractivity contribution is 5.77. The van der Waals surface area contributed by atoms with Crippen molar-refractivity contribution >= 4 is 17.4 Å². The van der Waals surface area contributed by atoms with E-state index in [0.717, 1.165) is 17.3 Å². The fourth-order valence-corrected chi connectivity index (χ4v) is 1.06. The number of ether oxygens (including phenoxy) is 1. The van der Waals surface area contributed by atoms with Crippen molar-refractivity contribution in [3.63, 3.8) is 0 Å². The smallest absolute Gasteiger partial charge is 0.293 e. The third-order valence-electron chi connectivity index (χ3n) is 1.74. The van der Waals surface area contributed by atoms with Crippen LogP contribution in [-0.2, 0) is 9.53 Å². The van der Waals surface area contributed by atoms with E-state index in [9.17, 15) is 4.79 Å². The molecule has 0 unspecified atom stereocenters. The highest BCUT2D eigenvalue weighted by Gasteiger charge is 1.87. The Kier molecular flexibility index (Phi) is 4.94. The molecule has 0 aliphatic heterocycles. The number of fused-ring (bicyclic) bond motifs is 1. The number of aromatic amines is 1. The summed E-state index contributed by atoms with van der Waals surface area (Å²) in [7, 11) is 0. The minimum atomic E-state index is 0.462. The average molecular weight is 206 g/mol. The number of pyridine rings is 1. The maximum atomic E-state index is 9.34. The van der Waals surface area contributed by atoms with E-state index >= 15 is 0 Å². The van der Waals surface area contributed by atoms with Crippen molar-refractivity contribution in [3.05, 3.63) is 30.7 Å². The van der Waals surface area contributed by atoms with E-state index in [2.05, 4.69) is 14.7 Å². The van der Waals surface area contributed by atoms with Crippen LogP contribution in [0.3, 0.4) is 0 Å². The van der Waals surface area contributed by atoms with Gasteiger partial charge >= 0.3 is 0 Å². The fraction of sp³-hybridized carbons (Fsp3) is 0.273. The van der Waals surface area contributed by atoms with Gasteiger partial charge in [-0.1, -0.05) is 6.92 Å². The molecule has 4 nitrogen and oxygen atoms in total. The van der Waals surface area contributed by atoms with E-state index in [4.69, 9.17) is 0 Å². The van der Waals surface area contributed by atoms with Gasteiger partial charge in [0, 0.05) is 29.5 Å². The summed E-state index contributed by atoms with van der Waals surface area (Å²) in [4.78, 5) is 16.4. The Morgan fingerprint density at radius 3 is 3.00 bits per heavy atom. The highest BCUT2D eigenvalue weighted by atomic mass is 16.5. The van der Waals surface area contributed by atoms with E-state index in [1.54, 1.807) is 6.20 Å². The van der Waals surface area contributed by atoms with Gasteiger partial charge in [-0.25, -0.2) is 0 Å². The second kappa shape index (κ2) is 6.59. The minimum Gasteiger partial charge on any atom is -0.468 e. The Morgan fingerprint density at radius 2 is 2.40 bits per heavy atom. The molecule has 15 heavy (non-hydrogen) atoms. The van der Waals surface area contributed by atoms with Gasteiger partial charge in [-0.05, 0) is 18.6 Å². The second-order valence-electron chi connectivity index (χ2n) is 2.91. The third kappa shape index (κ3) is 3.81. The minimum absolute atomic E-state index is 0.462. The van der Waals surface area contributed by atoms with Crippen LogP contribution in [0, 0.1) is 0 Å². The summed E-state index contributed by atoms with van der Waals surface area (Å²) >= 11 is 0. The molecule has 0 radical (unpaired) electrons. The van der Waals surface area contributed by atoms with Gasteiger partial charge in [-0.3, -0.25) is 9.78 Å². The van der Waals surface area contributed by atoms with Gasteiger partial charge in [0.05, 0.1) is 6.61 Å². The quantitative estimate of drug-likeness (QED) is 0.618. The van der Waals surface area contributed by atoms with E-state index in [0.29, 0.717) is 13.1 Å². The average Bonchev–Trinajstić information content (AvgIpc) is 2.75. The fourth-order valence-electron chi connectivity index (χ4n) is 1.06. The molecule has 2 rings (SSSR count). The topological polar surface area (TPSA) is 55.0 Å². The highest BCUT2D eigenvalue weighted by Crippen LogP contribution is 2.07. The predicted octanol–water partition coefficient (Wildman–Crippen LogP) is 2.13. The van der Waals surface area contributed by atoms with E-state index in [1.165, 1.54) is 0 Å². The number of rotatable bonds is 3. The molecule has 80 valence electrons. The normalized spacial score (nSPS) is 9.13. The lowest BCUT2D eigenvalue weighted by atomic mass is 10.3. The number of carbonyl (C=O) groups is 1. The van der Waals surface area contributed by atoms with Crippen LogP contribution < -0.4 is 0 Å². The maximum Gasteiger partial charge on any atom is 0.293 e. The molecule has 0 amide bonds. The Morgan fingerprint density at radius 1 is 1.53 bits per heavy atom. The monoisotopic (exact) mass is 206 g/mol. The molecule has 2 aromatic rings. The van der Waals surface area contributed by atoms with E-state index in [1.807, 2.05) is 31.5 Å². The summed E-state index contributed by atoms with van der Waals surface area (Å²) in [6.07, 6.45) is 6.43. The van der Waals surface area contributed by atoms with Crippen molar-refractivity contribution in [2.45, 2.75) is 13.3 Å². The summed E-state index contributed by atoms with van der Waals surface area (Å²) in [5, 5.41) is 1.16. The first-order chi connectivity index (χ1) is 7.38. The summed E-state index contributed by atoms with van der Waals surface area (Å²) in [5.41, 5.74) is 1.14. The number of nitrogens with zero attached hydrogens (tertiary/aromatic N) is 1. The number of hydrogen-bond acceptors (Lipinski definition) is 3. The summed E-state index contributed by atoms with van der Waals surface area (Å²) in [5.74, 6) is 0. The summed E-state index contributed by atoms with van der Waals surface area (Å²) in [6, 6.07) is 3.96. The maximum absolute atomic E-state index is 9.34. The molecule has 2 heterocycles. The first-order valence-corrected chi connectivity index (χ1v) is 4.80. The van der Waals surface area contributed by atoms with Crippen LogP contribution in [-0.4, -0.2) is 23.0 Å². The van der Waals surface area contributed by atoms with Crippen LogP contribution in [0.15, 0.2) is 30.7 Å². The van der Waals surface area contributed by atoms with Gasteiger partial charge in [0.1, 0.15) is 0 Å². The number of carbonyl (C=O) groups excluding carboxylic acids is 1. The zero-order valence-corrected chi connectivity index (χ0v) is 8.64. The van der Waals surface area contributed by atoms with Crippen molar-refractivity contribution in [1.82, 2.24) is 9.97 Å². The molecule has 0 aliphatic rings. The van der Waals surface area contributed by atoms with Gasteiger partial charge in [-0.2, -0.15) is 0 Å². The number of hydrogen-bond donors (Lipinski definition) is 1. The molecule has 0 bridgehead atoms. The lowest BCUT2D eigenvalue weighted by Gasteiger charge is -1.86. The van der Waals surface area contributed by atoms with Crippen LogP contribution in [0.5, 0.6) is 0 Å². The standard InChI is InChI=1S/C7H6N2.C4H8O2/c1-4-9-7-2-3-8-5-6(1)7;1-2-3-6-4-5/h1-5,9H;4H,2-3H2,1H3. The van der Waals surface area contributed by atoms with Crippen molar-refractivity contribution in [3.8, 4) is 0 Å². The van der Waals surface area contributed by atoms with Crippen molar-refractivity contribution in [2.24, 2.45) is 0 Å². The lowest BCUT2D eigenvalue weighted by molar-refractivity contribution is -0.128. The van der Waals surface area contributed by atoms with Crippen LogP contribution in [0.4, 0.5) is 0 Å². The van der Waals surface area contributed by atoms with Gasteiger partial charge < -0.3 is 9.72 Å². The Balaban J connectivity index is 0.000000167. The van der Waals surface area contributed by atoms with Gasteiger partial charge in [0.15, 0.2) is 0 Å². The Labute approximate surface area is 88.3 Å². The Bertz CT molecular complexity index is 368. The molecule has 2 aromatic heterocycles. The molecule has 0 aromatic carbocycles. The molecule has 1 N–H and O–H groups in total. The van der Waals surface area contributed by atoms with E-state index in [-0.39, 0.29) is 0 Å². The molecule has 0 saturated heterocycles. The third-order valence-corrected chi connectivity index (χ3v) is 1.74. The second-order valence-corrected chi connectivity index (χ2v) is 2.91. The van der Waals surface area contributed by atoms with Crippen LogP contribution in [0.1, 0.15) is 13.3 Å². The summed E-state index contributed by atoms with van der Waals surface area (Å²) < 4.78 is 4.30. The van der Waals surface area contributed by atoms with Gasteiger partial charge in [-0.15, -0.1) is 0 Å². The lowest BCUT2D eigenvalue weighted by Crippen LogP contribution is -1.86. The van der Waals surface area contributed by atoms with Crippen LogP contribution >= 0.6 is 0 Å². The predicted molar refractivity (Wildman–Crippen MR) is 58.4 cm³/mol. The van der Waals surface area contributed by atoms with Crippen molar-refractivity contribution < 1.29 is 9.53 Å². The molecule has 0 atom stereocenters. The number of aromatic nitrogens is 2. The molecule has 0 spiro atoms. The number of H-pyrrole nitrogens is 1. The van der Waals surface area contributed by atoms with Crippen LogP contribution in [0.2, 0.25) is 0 Å². The number of nitrogens with one attached hydrogen (secondary N) is 1. The largest absolute Gasteiger partial charge is 0.468 e. The van der Waals surface area contributed by atoms with Gasteiger partial charge in [0.2, 0.25) is 0 Å². The zero-order valence-electron chi connectivity index (χ0n) is 8.64. The molecule has 0 fully saturated rings. The SMILES string of the molecule is CCCOC=O.c1cc2[nH]ccc2cn1. The zero-order chi connectivity index (χ0) is 10.9. The Hall–Kier alpha value is -1.84. The summed E-state index contributed by atoms with van der Waals surface area (Å²) in [6.45, 7) is 2.95. The molecule has 4 heteroatoms. The van der Waals surface area contributed by atoms with Crippen molar-refractivity contribution in [1.29, 1.82) is 0 Å². The molecule has 0 saturated carbocycles.